The van der Waals surface area contributed by atoms with E-state index in [0.717, 1.165) is 44.9 Å². The Hall–Kier alpha value is -1.16. The summed E-state index contributed by atoms with van der Waals surface area (Å²) in [5.74, 6) is -0.484. The van der Waals surface area contributed by atoms with Crippen molar-refractivity contribution >= 4 is 11.8 Å². The summed E-state index contributed by atoms with van der Waals surface area (Å²) in [6.07, 6.45) is 12.9. The van der Waals surface area contributed by atoms with Crippen LogP contribution in [0, 0.1) is 0 Å². The number of carbonyl (C=O) groups is 2. The number of aliphatic carboxylic acids is 1. The van der Waals surface area contributed by atoms with Crippen LogP contribution in [0.25, 0.3) is 0 Å². The highest BCUT2D eigenvalue weighted by Gasteiger charge is 2.07. The SMILES string of the molecule is CCC=CCC(O)CCC(=O)CCCCCCCCC(=O)O. The molecule has 0 aromatic carbocycles. The number of carbonyl (C=O) groups excluding carboxylic acids is 1. The highest BCUT2D eigenvalue weighted by atomic mass is 16.4. The Bertz CT molecular complexity index is 323. The van der Waals surface area contributed by atoms with E-state index in [0.29, 0.717) is 25.7 Å². The number of aliphatic hydroxyl groups is 1. The Labute approximate surface area is 134 Å². The molecule has 4 heteroatoms. The van der Waals surface area contributed by atoms with Gasteiger partial charge in [-0.15, -0.1) is 0 Å². The molecule has 22 heavy (non-hydrogen) atoms. The van der Waals surface area contributed by atoms with Crippen molar-refractivity contribution in [1.82, 2.24) is 0 Å². The first-order valence-corrected chi connectivity index (χ1v) is 8.62. The zero-order valence-corrected chi connectivity index (χ0v) is 13.9. The van der Waals surface area contributed by atoms with Crippen molar-refractivity contribution in [3.63, 3.8) is 0 Å². The number of allylic oxidation sites excluding steroid dienone is 1. The number of carboxylic acids is 1. The molecule has 0 spiro atoms. The van der Waals surface area contributed by atoms with Gasteiger partial charge in [0.1, 0.15) is 5.78 Å². The van der Waals surface area contributed by atoms with Gasteiger partial charge < -0.3 is 10.2 Å². The van der Waals surface area contributed by atoms with Crippen molar-refractivity contribution in [3.05, 3.63) is 12.2 Å². The molecule has 0 radical (unpaired) electrons. The molecule has 0 saturated heterocycles. The maximum atomic E-state index is 11.7. The zero-order valence-electron chi connectivity index (χ0n) is 13.9. The fraction of sp³-hybridized carbons (Fsp3) is 0.778. The van der Waals surface area contributed by atoms with Gasteiger partial charge in [0, 0.05) is 19.3 Å². The topological polar surface area (TPSA) is 74.6 Å². The van der Waals surface area contributed by atoms with Gasteiger partial charge in [-0.05, 0) is 32.1 Å². The smallest absolute Gasteiger partial charge is 0.303 e. The van der Waals surface area contributed by atoms with Crippen LogP contribution < -0.4 is 0 Å². The zero-order chi connectivity index (χ0) is 16.6. The molecule has 0 aliphatic heterocycles. The predicted octanol–water partition coefficient (Wildman–Crippen LogP) is 4.26. The van der Waals surface area contributed by atoms with Crippen LogP contribution in [-0.2, 0) is 9.59 Å². The van der Waals surface area contributed by atoms with Crippen LogP contribution in [0.4, 0.5) is 0 Å². The van der Waals surface area contributed by atoms with Gasteiger partial charge >= 0.3 is 5.97 Å². The Balaban J connectivity index is 3.39. The molecule has 0 fully saturated rings. The summed E-state index contributed by atoms with van der Waals surface area (Å²) in [5.41, 5.74) is 0. The molecular formula is C18H32O4. The minimum absolute atomic E-state index is 0.240. The number of hydrogen-bond acceptors (Lipinski definition) is 3. The van der Waals surface area contributed by atoms with Gasteiger partial charge in [-0.3, -0.25) is 9.59 Å². The van der Waals surface area contributed by atoms with Crippen LogP contribution in [0.5, 0.6) is 0 Å². The highest BCUT2D eigenvalue weighted by molar-refractivity contribution is 5.78. The lowest BCUT2D eigenvalue weighted by molar-refractivity contribution is -0.137. The van der Waals surface area contributed by atoms with Crippen LogP contribution in [0.3, 0.4) is 0 Å². The lowest BCUT2D eigenvalue weighted by Crippen LogP contribution is -2.08. The van der Waals surface area contributed by atoms with E-state index < -0.39 is 12.1 Å². The third-order valence-electron chi connectivity index (χ3n) is 3.66. The summed E-state index contributed by atoms with van der Waals surface area (Å²) >= 11 is 0. The Morgan fingerprint density at radius 2 is 1.50 bits per heavy atom. The number of hydrogen-bond donors (Lipinski definition) is 2. The Morgan fingerprint density at radius 3 is 2.09 bits per heavy atom. The number of carboxylic acid groups (broad SMARTS) is 1. The fourth-order valence-corrected chi connectivity index (χ4v) is 2.30. The number of Topliss-reactive ketones (excluding diaryl/α,β-unsaturated/α-hetero) is 1. The van der Waals surface area contributed by atoms with Crippen LogP contribution in [-0.4, -0.2) is 28.1 Å². The van der Waals surface area contributed by atoms with Gasteiger partial charge in [0.2, 0.25) is 0 Å². The molecule has 2 N–H and O–H groups in total. The molecular weight excluding hydrogens is 280 g/mol. The van der Waals surface area contributed by atoms with Gasteiger partial charge in [-0.1, -0.05) is 44.8 Å². The maximum absolute atomic E-state index is 11.7. The minimum atomic E-state index is -0.724. The minimum Gasteiger partial charge on any atom is -0.481 e. The second kappa shape index (κ2) is 14.8. The van der Waals surface area contributed by atoms with Gasteiger partial charge in [0.05, 0.1) is 6.10 Å². The van der Waals surface area contributed by atoms with E-state index in [1.807, 2.05) is 12.2 Å². The molecule has 0 heterocycles. The monoisotopic (exact) mass is 312 g/mol. The first kappa shape index (κ1) is 20.8. The molecule has 4 nitrogen and oxygen atoms in total. The first-order chi connectivity index (χ1) is 10.6. The molecule has 128 valence electrons. The van der Waals surface area contributed by atoms with Crippen molar-refractivity contribution < 1.29 is 19.8 Å². The molecule has 1 atom stereocenters. The van der Waals surface area contributed by atoms with Gasteiger partial charge in [-0.2, -0.15) is 0 Å². The summed E-state index contributed by atoms with van der Waals surface area (Å²) < 4.78 is 0. The van der Waals surface area contributed by atoms with Gasteiger partial charge in [0.25, 0.3) is 0 Å². The molecule has 0 rings (SSSR count). The average molecular weight is 312 g/mol. The van der Waals surface area contributed by atoms with Crippen molar-refractivity contribution in [1.29, 1.82) is 0 Å². The molecule has 0 aliphatic carbocycles. The molecule has 0 bridgehead atoms. The first-order valence-electron chi connectivity index (χ1n) is 8.62. The van der Waals surface area contributed by atoms with Crippen molar-refractivity contribution in [2.45, 2.75) is 90.1 Å². The summed E-state index contributed by atoms with van der Waals surface area (Å²) in [4.78, 5) is 22.0. The van der Waals surface area contributed by atoms with E-state index in [9.17, 15) is 14.7 Å². The van der Waals surface area contributed by atoms with Crippen molar-refractivity contribution in [2.24, 2.45) is 0 Å². The van der Waals surface area contributed by atoms with E-state index in [1.54, 1.807) is 0 Å². The molecule has 0 aromatic rings. The van der Waals surface area contributed by atoms with Crippen LogP contribution in [0.2, 0.25) is 0 Å². The third-order valence-corrected chi connectivity index (χ3v) is 3.66. The standard InChI is InChI=1S/C18H32O4/c1-2-3-8-11-16(19)14-15-17(20)12-9-6-4-5-7-10-13-18(21)22/h3,8,16,19H,2,4-7,9-15H2,1H3,(H,21,22). The third kappa shape index (κ3) is 15.2. The molecule has 0 amide bonds. The van der Waals surface area contributed by atoms with E-state index in [-0.39, 0.29) is 12.2 Å². The van der Waals surface area contributed by atoms with Crippen LogP contribution in [0.15, 0.2) is 12.2 Å². The Kier molecular flexibility index (Phi) is 14.0. The second-order valence-corrected chi connectivity index (χ2v) is 5.86. The van der Waals surface area contributed by atoms with Crippen LogP contribution >= 0.6 is 0 Å². The number of aliphatic hydroxyl groups excluding tert-OH is 1. The number of ketones is 1. The summed E-state index contributed by atoms with van der Waals surface area (Å²) in [5, 5.41) is 18.2. The average Bonchev–Trinajstić information content (AvgIpc) is 2.47. The summed E-state index contributed by atoms with van der Waals surface area (Å²) in [6, 6.07) is 0. The van der Waals surface area contributed by atoms with Gasteiger partial charge in [-0.25, -0.2) is 0 Å². The lowest BCUT2D eigenvalue weighted by atomic mass is 10.0. The predicted molar refractivity (Wildman–Crippen MR) is 88.9 cm³/mol. The number of unbranched alkanes of at least 4 members (excludes halogenated alkanes) is 5. The van der Waals surface area contributed by atoms with E-state index in [1.165, 1.54) is 0 Å². The quantitative estimate of drug-likeness (QED) is 0.350. The fourth-order valence-electron chi connectivity index (χ4n) is 2.30. The van der Waals surface area contributed by atoms with Crippen LogP contribution in [0.1, 0.15) is 84.0 Å². The maximum Gasteiger partial charge on any atom is 0.303 e. The van der Waals surface area contributed by atoms with Gasteiger partial charge in [0.15, 0.2) is 0 Å². The van der Waals surface area contributed by atoms with E-state index in [2.05, 4.69) is 6.92 Å². The second-order valence-electron chi connectivity index (χ2n) is 5.86. The largest absolute Gasteiger partial charge is 0.481 e. The lowest BCUT2D eigenvalue weighted by Gasteiger charge is -2.07. The summed E-state index contributed by atoms with van der Waals surface area (Å²) in [6.45, 7) is 2.05. The molecule has 1 unspecified atom stereocenters. The molecule has 0 aliphatic rings. The Morgan fingerprint density at radius 1 is 0.909 bits per heavy atom. The molecule has 0 aromatic heterocycles. The van der Waals surface area contributed by atoms with E-state index >= 15 is 0 Å². The highest BCUT2D eigenvalue weighted by Crippen LogP contribution is 2.11. The normalized spacial score (nSPS) is 12.6. The molecule has 0 saturated carbocycles. The summed E-state index contributed by atoms with van der Waals surface area (Å²) in [7, 11) is 0. The van der Waals surface area contributed by atoms with Crippen molar-refractivity contribution in [2.75, 3.05) is 0 Å². The van der Waals surface area contributed by atoms with Crippen molar-refractivity contribution in [3.8, 4) is 0 Å². The van der Waals surface area contributed by atoms with E-state index in [4.69, 9.17) is 5.11 Å². The number of rotatable bonds is 15.